The van der Waals surface area contributed by atoms with Gasteiger partial charge < -0.3 is 14.1 Å². The number of benzene rings is 2. The highest BCUT2D eigenvalue weighted by Gasteiger charge is 2.25. The maximum atomic E-state index is 13.9. The smallest absolute Gasteiger partial charge is 0.289 e. The number of amides is 1. The van der Waals surface area contributed by atoms with E-state index in [2.05, 4.69) is 0 Å². The van der Waals surface area contributed by atoms with E-state index in [0.717, 1.165) is 6.07 Å². The molecule has 3 aromatic rings. The van der Waals surface area contributed by atoms with Gasteiger partial charge in [0.1, 0.15) is 23.1 Å². The van der Waals surface area contributed by atoms with Crippen molar-refractivity contribution < 1.29 is 22.7 Å². The molecule has 2 aromatic carbocycles. The molecule has 9 heteroatoms. The van der Waals surface area contributed by atoms with Crippen molar-refractivity contribution >= 4 is 29.1 Å². The van der Waals surface area contributed by atoms with E-state index in [1.807, 2.05) is 4.90 Å². The van der Waals surface area contributed by atoms with Gasteiger partial charge in [-0.25, -0.2) is 8.78 Å². The number of halogens is 4. The summed E-state index contributed by atoms with van der Waals surface area (Å²) in [6.07, 6.45) is 0. The number of piperazine rings is 1. The summed E-state index contributed by atoms with van der Waals surface area (Å²) in [5.74, 6) is -0.792. The van der Waals surface area contributed by atoms with Crippen molar-refractivity contribution in [2.75, 3.05) is 26.2 Å². The average molecular weight is 481 g/mol. The largest absolute Gasteiger partial charge is 0.484 e. The molecule has 1 saturated heterocycles. The fraction of sp³-hybridized carbons (Fsp3) is 0.261. The first-order chi connectivity index (χ1) is 15.4. The molecule has 2 heterocycles. The van der Waals surface area contributed by atoms with Crippen LogP contribution >= 0.6 is 23.2 Å². The standard InChI is InChI=1S/C23H20Cl2F2N2O3/c24-17-4-2-6-19(21(17)25)31-14-16-7-8-20(32-16)23(30)29-11-9-28(10-12-29)13-15-3-1-5-18(26)22(15)27/h1-8H,9-14H2. The van der Waals surface area contributed by atoms with Gasteiger partial charge in [0, 0.05) is 38.3 Å². The highest BCUT2D eigenvalue weighted by Crippen LogP contribution is 2.32. The molecule has 0 unspecified atom stereocenters. The van der Waals surface area contributed by atoms with Crippen LogP contribution in [0.4, 0.5) is 8.78 Å². The first-order valence-corrected chi connectivity index (χ1v) is 10.8. The predicted molar refractivity (Wildman–Crippen MR) is 117 cm³/mol. The quantitative estimate of drug-likeness (QED) is 0.473. The fourth-order valence-corrected chi connectivity index (χ4v) is 3.84. The minimum absolute atomic E-state index is 0.0975. The highest BCUT2D eigenvalue weighted by molar-refractivity contribution is 6.42. The van der Waals surface area contributed by atoms with Crippen LogP contribution in [0.5, 0.6) is 5.75 Å². The van der Waals surface area contributed by atoms with Crippen LogP contribution < -0.4 is 4.74 Å². The third kappa shape index (κ3) is 5.06. The van der Waals surface area contributed by atoms with E-state index in [0.29, 0.717) is 59.8 Å². The normalized spacial score (nSPS) is 14.6. The summed E-state index contributed by atoms with van der Waals surface area (Å²) in [6.45, 7) is 2.40. The molecule has 32 heavy (non-hydrogen) atoms. The average Bonchev–Trinajstić information content (AvgIpc) is 3.27. The Balaban J connectivity index is 1.30. The molecule has 0 saturated carbocycles. The molecular weight excluding hydrogens is 461 g/mol. The van der Waals surface area contributed by atoms with Gasteiger partial charge in [-0.1, -0.05) is 41.4 Å². The number of carbonyl (C=O) groups is 1. The lowest BCUT2D eigenvalue weighted by Crippen LogP contribution is -2.48. The first-order valence-electron chi connectivity index (χ1n) is 10.0. The topological polar surface area (TPSA) is 45.9 Å². The molecular formula is C23H20Cl2F2N2O3. The summed E-state index contributed by atoms with van der Waals surface area (Å²) in [7, 11) is 0. The van der Waals surface area contributed by atoms with Gasteiger partial charge in [-0.2, -0.15) is 0 Å². The molecule has 0 bridgehead atoms. The SMILES string of the molecule is O=C(c1ccc(COc2cccc(Cl)c2Cl)o1)N1CCN(Cc2cccc(F)c2F)CC1. The van der Waals surface area contributed by atoms with Gasteiger partial charge in [-0.15, -0.1) is 0 Å². The van der Waals surface area contributed by atoms with Crippen molar-refractivity contribution in [2.24, 2.45) is 0 Å². The third-order valence-electron chi connectivity index (χ3n) is 5.24. The lowest BCUT2D eigenvalue weighted by atomic mass is 10.1. The van der Waals surface area contributed by atoms with Crippen molar-refractivity contribution in [3.63, 3.8) is 0 Å². The van der Waals surface area contributed by atoms with Crippen LogP contribution in [-0.4, -0.2) is 41.9 Å². The van der Waals surface area contributed by atoms with Gasteiger partial charge >= 0.3 is 0 Å². The van der Waals surface area contributed by atoms with E-state index in [1.165, 1.54) is 6.07 Å². The van der Waals surface area contributed by atoms with Gasteiger partial charge in [0.05, 0.1) is 5.02 Å². The van der Waals surface area contributed by atoms with Crippen molar-refractivity contribution in [1.29, 1.82) is 0 Å². The Morgan fingerprint density at radius 2 is 1.75 bits per heavy atom. The zero-order chi connectivity index (χ0) is 22.7. The minimum Gasteiger partial charge on any atom is -0.484 e. The molecule has 0 spiro atoms. The maximum absolute atomic E-state index is 13.9. The molecule has 0 radical (unpaired) electrons. The lowest BCUT2D eigenvalue weighted by Gasteiger charge is -2.34. The summed E-state index contributed by atoms with van der Waals surface area (Å²) in [5.41, 5.74) is 0.306. The molecule has 5 nitrogen and oxygen atoms in total. The number of hydrogen-bond donors (Lipinski definition) is 0. The van der Waals surface area contributed by atoms with E-state index < -0.39 is 11.6 Å². The number of rotatable bonds is 6. The Kier molecular flexibility index (Phi) is 6.98. The van der Waals surface area contributed by atoms with Crippen LogP contribution in [0.2, 0.25) is 10.0 Å². The first kappa shape index (κ1) is 22.6. The van der Waals surface area contributed by atoms with E-state index >= 15 is 0 Å². The molecule has 1 fully saturated rings. The Labute approximate surface area is 194 Å². The van der Waals surface area contributed by atoms with E-state index in [1.54, 1.807) is 41.3 Å². The Hall–Kier alpha value is -2.61. The Morgan fingerprint density at radius 1 is 1.00 bits per heavy atom. The van der Waals surface area contributed by atoms with Gasteiger partial charge in [0.2, 0.25) is 0 Å². The molecule has 0 aliphatic carbocycles. The highest BCUT2D eigenvalue weighted by atomic mass is 35.5. The molecule has 4 rings (SSSR count). The third-order valence-corrected chi connectivity index (χ3v) is 6.05. The summed E-state index contributed by atoms with van der Waals surface area (Å²) in [5, 5.41) is 0.701. The van der Waals surface area contributed by atoms with Crippen molar-refractivity contribution in [2.45, 2.75) is 13.2 Å². The molecule has 1 aromatic heterocycles. The second-order valence-corrected chi connectivity index (χ2v) is 8.17. The molecule has 168 valence electrons. The van der Waals surface area contributed by atoms with Gasteiger partial charge in [0.15, 0.2) is 17.4 Å². The number of ether oxygens (including phenoxy) is 1. The molecule has 1 aliphatic heterocycles. The summed E-state index contributed by atoms with van der Waals surface area (Å²) in [6, 6.07) is 12.5. The van der Waals surface area contributed by atoms with Crippen molar-refractivity contribution in [1.82, 2.24) is 9.80 Å². The second-order valence-electron chi connectivity index (χ2n) is 7.39. The lowest BCUT2D eigenvalue weighted by molar-refractivity contribution is 0.0592. The summed E-state index contributed by atoms with van der Waals surface area (Å²) in [4.78, 5) is 16.4. The number of hydrogen-bond acceptors (Lipinski definition) is 4. The second kappa shape index (κ2) is 9.90. The van der Waals surface area contributed by atoms with E-state index in [9.17, 15) is 13.6 Å². The van der Waals surface area contributed by atoms with Gasteiger partial charge in [0.25, 0.3) is 5.91 Å². The number of furan rings is 1. The molecule has 0 N–H and O–H groups in total. The van der Waals surface area contributed by atoms with Crippen LogP contribution in [0.15, 0.2) is 52.9 Å². The van der Waals surface area contributed by atoms with Crippen LogP contribution in [0.25, 0.3) is 0 Å². The summed E-state index contributed by atoms with van der Waals surface area (Å²) >= 11 is 12.1. The zero-order valence-electron chi connectivity index (χ0n) is 17.0. The van der Waals surface area contributed by atoms with Gasteiger partial charge in [-0.05, 0) is 30.3 Å². The van der Waals surface area contributed by atoms with Crippen LogP contribution in [0.3, 0.4) is 0 Å². The monoisotopic (exact) mass is 480 g/mol. The Bertz CT molecular complexity index is 1110. The van der Waals surface area contributed by atoms with Crippen LogP contribution in [0.1, 0.15) is 21.9 Å². The van der Waals surface area contributed by atoms with Crippen LogP contribution in [-0.2, 0) is 13.2 Å². The van der Waals surface area contributed by atoms with E-state index in [-0.39, 0.29) is 18.3 Å². The number of carbonyl (C=O) groups excluding carboxylic acids is 1. The molecule has 0 atom stereocenters. The predicted octanol–water partition coefficient (Wildman–Crippen LogP) is 5.40. The maximum Gasteiger partial charge on any atom is 0.289 e. The Morgan fingerprint density at radius 3 is 2.53 bits per heavy atom. The minimum atomic E-state index is -0.855. The molecule has 1 aliphatic rings. The zero-order valence-corrected chi connectivity index (χ0v) is 18.5. The molecule has 1 amide bonds. The van der Waals surface area contributed by atoms with Gasteiger partial charge in [-0.3, -0.25) is 9.69 Å². The van der Waals surface area contributed by atoms with Crippen molar-refractivity contribution in [3.05, 3.63) is 87.3 Å². The van der Waals surface area contributed by atoms with Crippen LogP contribution in [0, 0.1) is 11.6 Å². The summed E-state index contributed by atoms with van der Waals surface area (Å²) < 4.78 is 38.6. The van der Waals surface area contributed by atoms with Crippen molar-refractivity contribution in [3.8, 4) is 5.75 Å². The number of nitrogens with zero attached hydrogens (tertiary/aromatic N) is 2. The van der Waals surface area contributed by atoms with E-state index in [4.69, 9.17) is 32.4 Å². The fourth-order valence-electron chi connectivity index (χ4n) is 3.49.